The third-order valence-corrected chi connectivity index (χ3v) is 16.6. The van der Waals surface area contributed by atoms with Crippen LogP contribution in [0.2, 0.25) is 0 Å². The number of halogens is 1. The molecule has 0 unspecified atom stereocenters. The van der Waals surface area contributed by atoms with Crippen molar-refractivity contribution in [3.05, 3.63) is 111 Å². The number of carbonyl (C=O) groups is 1. The number of likely N-dealkylation sites (tertiary alicyclic amines) is 1. The van der Waals surface area contributed by atoms with Gasteiger partial charge in [0.1, 0.15) is 28.7 Å². The van der Waals surface area contributed by atoms with Crippen LogP contribution < -0.4 is 19.7 Å². The lowest BCUT2D eigenvalue weighted by molar-refractivity contribution is -0.384. The molecule has 2 saturated carbocycles. The smallest absolute Gasteiger partial charge is 0.293 e. The van der Waals surface area contributed by atoms with Gasteiger partial charge in [-0.1, -0.05) is 58.4 Å². The first-order chi connectivity index (χ1) is 32.4. The van der Waals surface area contributed by atoms with Gasteiger partial charge in [-0.05, 0) is 129 Å². The second-order valence-electron chi connectivity index (χ2n) is 20.8. The first-order valence-electron chi connectivity index (χ1n) is 24.3. The summed E-state index contributed by atoms with van der Waals surface area (Å²) in [6.07, 6.45) is 9.64. The number of hydrogen-bond acceptors (Lipinski definition) is 11. The number of aliphatic hydroxyl groups is 1. The van der Waals surface area contributed by atoms with Gasteiger partial charge in [0, 0.05) is 62.8 Å². The van der Waals surface area contributed by atoms with Gasteiger partial charge in [-0.15, -0.1) is 0 Å². The summed E-state index contributed by atoms with van der Waals surface area (Å²) >= 11 is 0. The van der Waals surface area contributed by atoms with Crippen LogP contribution in [-0.4, -0.2) is 83.6 Å². The van der Waals surface area contributed by atoms with Crippen LogP contribution in [0.25, 0.3) is 11.0 Å². The molecule has 2 aliphatic carbocycles. The van der Waals surface area contributed by atoms with Crippen molar-refractivity contribution < 1.29 is 32.4 Å². The van der Waals surface area contributed by atoms with E-state index in [-0.39, 0.29) is 45.4 Å². The molecule has 14 nitrogen and oxygen atoms in total. The molecular formula is C52H64FN7O7S. The van der Waals surface area contributed by atoms with Crippen molar-refractivity contribution in [1.82, 2.24) is 19.6 Å². The van der Waals surface area contributed by atoms with Crippen LogP contribution in [0.3, 0.4) is 0 Å². The number of aromatic amines is 1. The number of nitro benzene ring substituents is 1. The molecule has 4 N–H and O–H groups in total. The fourth-order valence-electron chi connectivity index (χ4n) is 11.3. The molecule has 2 aliphatic heterocycles. The minimum atomic E-state index is -4.64. The third-order valence-electron chi connectivity index (χ3n) is 15.3. The summed E-state index contributed by atoms with van der Waals surface area (Å²) in [5.74, 6) is -0.217. The predicted molar refractivity (Wildman–Crippen MR) is 262 cm³/mol. The van der Waals surface area contributed by atoms with Gasteiger partial charge < -0.3 is 25.0 Å². The van der Waals surface area contributed by atoms with Gasteiger partial charge in [-0.25, -0.2) is 22.5 Å². The molecule has 4 fully saturated rings. The number of rotatable bonds is 14. The highest BCUT2D eigenvalue weighted by Crippen LogP contribution is 2.49. The van der Waals surface area contributed by atoms with Crippen LogP contribution in [0.4, 0.5) is 21.5 Å². The van der Waals surface area contributed by atoms with E-state index in [0.717, 1.165) is 63.6 Å². The molecule has 4 heterocycles. The van der Waals surface area contributed by atoms with Crippen LogP contribution in [0, 0.1) is 27.3 Å². The van der Waals surface area contributed by atoms with Crippen LogP contribution in [0.1, 0.15) is 137 Å². The van der Waals surface area contributed by atoms with Gasteiger partial charge in [-0.3, -0.25) is 19.8 Å². The minimum absolute atomic E-state index is 0.0491. The summed E-state index contributed by atoms with van der Waals surface area (Å²) in [5.41, 5.74) is 3.71. The van der Waals surface area contributed by atoms with E-state index >= 15 is 0 Å². The number of nitro groups is 1. The minimum Gasteiger partial charge on any atom is -0.454 e. The number of hydrogen-bond donors (Lipinski definition) is 4. The van der Waals surface area contributed by atoms with Gasteiger partial charge in [0.15, 0.2) is 0 Å². The molecule has 2 saturated heterocycles. The number of ether oxygens (including phenoxy) is 1. The average Bonchev–Trinajstić information content (AvgIpc) is 3.93. The molecule has 1 spiro atoms. The summed E-state index contributed by atoms with van der Waals surface area (Å²) in [6.45, 7) is 14.3. The Kier molecular flexibility index (Phi) is 13.1. The van der Waals surface area contributed by atoms with Crippen molar-refractivity contribution in [2.75, 3.05) is 42.9 Å². The van der Waals surface area contributed by atoms with Gasteiger partial charge in [0.05, 0.1) is 32.1 Å². The molecule has 9 rings (SSSR count). The van der Waals surface area contributed by atoms with Crippen molar-refractivity contribution in [3.8, 4) is 11.5 Å². The first kappa shape index (κ1) is 47.5. The van der Waals surface area contributed by atoms with E-state index in [1.165, 1.54) is 60.9 Å². The number of benzene rings is 3. The topological polar surface area (TPSA) is 183 Å². The highest BCUT2D eigenvalue weighted by molar-refractivity contribution is 7.90. The average molecular weight is 950 g/mol. The molecule has 2 atom stereocenters. The summed E-state index contributed by atoms with van der Waals surface area (Å²) < 4.78 is 51.4. The molecule has 3 aromatic carbocycles. The number of nitrogens with one attached hydrogen (secondary N) is 3. The molecule has 2 aromatic heterocycles. The number of sulfonamides is 1. The van der Waals surface area contributed by atoms with Crippen molar-refractivity contribution in [1.29, 1.82) is 0 Å². The van der Waals surface area contributed by atoms with E-state index in [1.807, 2.05) is 13.8 Å². The Morgan fingerprint density at radius 2 is 1.71 bits per heavy atom. The molecular weight excluding hydrogens is 886 g/mol. The van der Waals surface area contributed by atoms with E-state index < -0.39 is 42.9 Å². The maximum absolute atomic E-state index is 14.9. The van der Waals surface area contributed by atoms with Crippen LogP contribution in [0.5, 0.6) is 11.5 Å². The monoisotopic (exact) mass is 949 g/mol. The number of piperidine rings is 1. The lowest BCUT2D eigenvalue weighted by atomic mass is 9.70. The number of aromatic nitrogens is 2. The Labute approximate surface area is 398 Å². The fourth-order valence-corrected chi connectivity index (χ4v) is 12.3. The number of fused-ring (bicyclic) bond motifs is 1. The maximum Gasteiger partial charge on any atom is 0.293 e. The summed E-state index contributed by atoms with van der Waals surface area (Å²) in [6, 6.07) is 19.6. The number of carbonyl (C=O) groups excluding carboxylic acids is 1. The van der Waals surface area contributed by atoms with Crippen molar-refractivity contribution in [2.45, 2.75) is 127 Å². The normalized spacial score (nSPS) is 23.0. The SMILES string of the molecule is CC(C)c1ccccc1[C@@H]1CCC[C@@H]1N1CC2(CCN(c3ccc(C(=O)NS(=O)(=O)c4ccc(NC[C@H]5CC[C@](C)(O)CC5)c([N+](=O)[O-])c4)c(Oc4cc5c(F)c[nH]c5nc4C(C)C)c3)CC2)C1. The Bertz CT molecular complexity index is 2800. The molecule has 16 heteroatoms. The highest BCUT2D eigenvalue weighted by atomic mass is 32.2. The lowest BCUT2D eigenvalue weighted by Gasteiger charge is -2.57. The summed E-state index contributed by atoms with van der Waals surface area (Å²) in [5, 5.41) is 25.9. The van der Waals surface area contributed by atoms with Gasteiger partial charge in [-0.2, -0.15) is 0 Å². The van der Waals surface area contributed by atoms with E-state index in [2.05, 4.69) is 67.9 Å². The molecule has 68 heavy (non-hydrogen) atoms. The molecule has 1 amide bonds. The van der Waals surface area contributed by atoms with Crippen LogP contribution in [0.15, 0.2) is 77.8 Å². The number of amides is 1. The Morgan fingerprint density at radius 1 is 0.971 bits per heavy atom. The molecule has 0 radical (unpaired) electrons. The fraction of sp³-hybridized carbons (Fsp3) is 0.500. The highest BCUT2D eigenvalue weighted by Gasteiger charge is 2.49. The Balaban J connectivity index is 0.938. The predicted octanol–water partition coefficient (Wildman–Crippen LogP) is 10.4. The van der Waals surface area contributed by atoms with E-state index in [9.17, 15) is 32.8 Å². The second-order valence-corrected chi connectivity index (χ2v) is 22.5. The zero-order valence-electron chi connectivity index (χ0n) is 39.7. The molecule has 5 aromatic rings. The molecule has 0 bridgehead atoms. The number of pyridine rings is 1. The summed E-state index contributed by atoms with van der Waals surface area (Å²) in [4.78, 5) is 37.8. The Hall–Kier alpha value is -5.58. The zero-order valence-corrected chi connectivity index (χ0v) is 40.5. The van der Waals surface area contributed by atoms with E-state index in [4.69, 9.17) is 4.74 Å². The summed E-state index contributed by atoms with van der Waals surface area (Å²) in [7, 11) is -4.64. The number of nitrogens with zero attached hydrogens (tertiary/aromatic N) is 4. The Morgan fingerprint density at radius 3 is 2.41 bits per heavy atom. The van der Waals surface area contributed by atoms with Gasteiger partial charge in [0.2, 0.25) is 0 Å². The maximum atomic E-state index is 14.9. The van der Waals surface area contributed by atoms with E-state index in [1.54, 1.807) is 19.1 Å². The van der Waals surface area contributed by atoms with Crippen molar-refractivity contribution in [2.24, 2.45) is 11.3 Å². The molecule has 4 aliphatic rings. The van der Waals surface area contributed by atoms with Crippen LogP contribution >= 0.6 is 0 Å². The van der Waals surface area contributed by atoms with Crippen molar-refractivity contribution in [3.63, 3.8) is 0 Å². The van der Waals surface area contributed by atoms with E-state index in [0.29, 0.717) is 48.6 Å². The van der Waals surface area contributed by atoms with Crippen LogP contribution in [-0.2, 0) is 10.0 Å². The number of anilines is 2. The molecule has 362 valence electrons. The van der Waals surface area contributed by atoms with Crippen molar-refractivity contribution >= 4 is 44.0 Å². The lowest BCUT2D eigenvalue weighted by Crippen LogP contribution is -2.63. The number of H-pyrrole nitrogens is 1. The third kappa shape index (κ3) is 9.68. The standard InChI is InChI=1S/C52H64FN7O7S/c1-32(2)37-9-6-7-10-38(37)39-11-8-12-44(39)59-30-52(31-59)21-23-58(24-22-52)35-13-15-40(46(25-35)67-47-27-41-42(53)29-55-49(41)56-48(47)33(3)4)50(61)57-68(65,66)36-14-16-43(45(26-36)60(63)64)54-28-34-17-19-51(5,62)20-18-34/h6-7,9-10,13-16,25-27,29,32-34,39,44,54,62H,8,11-12,17-24,28,30-31H2,1-5H3,(H,55,56)(H,57,61)/t34-,39-,44-,51-/m0/s1. The van der Waals surface area contributed by atoms with Gasteiger partial charge in [0.25, 0.3) is 21.6 Å². The zero-order chi connectivity index (χ0) is 48.1. The van der Waals surface area contributed by atoms with Gasteiger partial charge >= 0.3 is 0 Å². The largest absolute Gasteiger partial charge is 0.454 e. The quantitative estimate of drug-likeness (QED) is 0.0614. The second kappa shape index (κ2) is 18.7. The first-order valence-corrected chi connectivity index (χ1v) is 25.8.